The molecule has 1 unspecified atom stereocenters. The van der Waals surface area contributed by atoms with Gasteiger partial charge in [-0.1, -0.05) is 48.5 Å². The van der Waals surface area contributed by atoms with Crippen molar-refractivity contribution < 1.29 is 13.2 Å². The lowest BCUT2D eigenvalue weighted by Gasteiger charge is -2.08. The zero-order valence-electron chi connectivity index (χ0n) is 10.1. The number of carbonyl (C=O) groups excluding carboxylic acids is 1. The van der Waals surface area contributed by atoms with Gasteiger partial charge in [-0.25, -0.2) is 8.42 Å². The van der Waals surface area contributed by atoms with Crippen molar-refractivity contribution in [2.75, 3.05) is 0 Å². The van der Waals surface area contributed by atoms with Crippen LogP contribution in [-0.2, 0) is 16.3 Å². The van der Waals surface area contributed by atoms with Crippen molar-refractivity contribution in [3.05, 3.63) is 65.7 Å². The van der Waals surface area contributed by atoms with E-state index in [1.54, 1.807) is 54.6 Å². The lowest BCUT2D eigenvalue weighted by molar-refractivity contribution is 0.0987. The van der Waals surface area contributed by atoms with E-state index in [0.717, 1.165) is 5.56 Å². The number of ketones is 1. The number of Topliss-reactive ketones (excluding diaryl/α,β-unsaturated/α-hetero) is 1. The first-order valence-corrected chi connectivity index (χ1v) is 7.56. The van der Waals surface area contributed by atoms with Crippen molar-refractivity contribution in [2.24, 2.45) is 0 Å². The maximum atomic E-state index is 12.4. The average Bonchev–Trinajstić information content (AvgIpc) is 2.71. The van der Waals surface area contributed by atoms with Crippen LogP contribution < -0.4 is 0 Å². The van der Waals surface area contributed by atoms with Gasteiger partial charge < -0.3 is 0 Å². The van der Waals surface area contributed by atoms with Crippen LogP contribution in [0.4, 0.5) is 0 Å². The molecule has 0 saturated heterocycles. The minimum atomic E-state index is -3.54. The third kappa shape index (κ3) is 1.88. The second kappa shape index (κ2) is 4.31. The van der Waals surface area contributed by atoms with Crippen molar-refractivity contribution in [2.45, 2.75) is 16.6 Å². The molecule has 0 saturated carbocycles. The standard InChI is InChI=1S/C15H12O3S/c16-15(11-6-2-1-3-7-11)14-10-12-8-4-5-9-13(12)19(14,17)18/h1-9,14H,10H2. The molecular weight excluding hydrogens is 260 g/mol. The van der Waals surface area contributed by atoms with Gasteiger partial charge in [0.1, 0.15) is 5.25 Å². The molecular formula is C15H12O3S. The van der Waals surface area contributed by atoms with Gasteiger partial charge in [-0.2, -0.15) is 0 Å². The lowest BCUT2D eigenvalue weighted by atomic mass is 10.0. The number of hydrogen-bond acceptors (Lipinski definition) is 3. The third-order valence-electron chi connectivity index (χ3n) is 3.41. The molecule has 0 spiro atoms. The molecule has 0 aliphatic carbocycles. The summed E-state index contributed by atoms with van der Waals surface area (Å²) in [5.74, 6) is -0.322. The smallest absolute Gasteiger partial charge is 0.189 e. The predicted octanol–water partition coefficient (Wildman–Crippen LogP) is 2.27. The number of sulfone groups is 1. The van der Waals surface area contributed by atoms with Gasteiger partial charge in [-0.3, -0.25) is 4.79 Å². The second-order valence-corrected chi connectivity index (χ2v) is 6.67. The highest BCUT2D eigenvalue weighted by molar-refractivity contribution is 7.93. The fourth-order valence-corrected chi connectivity index (χ4v) is 4.34. The molecule has 4 heteroatoms. The van der Waals surface area contributed by atoms with E-state index in [-0.39, 0.29) is 12.2 Å². The minimum absolute atomic E-state index is 0.270. The molecule has 2 aromatic carbocycles. The van der Waals surface area contributed by atoms with Crippen molar-refractivity contribution in [3.8, 4) is 0 Å². The number of fused-ring (bicyclic) bond motifs is 1. The van der Waals surface area contributed by atoms with Gasteiger partial charge in [-0.15, -0.1) is 0 Å². The molecule has 1 heterocycles. The highest BCUT2D eigenvalue weighted by Crippen LogP contribution is 2.32. The normalized spacial score (nSPS) is 19.9. The molecule has 1 atom stereocenters. The summed E-state index contributed by atoms with van der Waals surface area (Å²) in [4.78, 5) is 12.6. The summed E-state index contributed by atoms with van der Waals surface area (Å²) in [5, 5.41) is -0.979. The van der Waals surface area contributed by atoms with Gasteiger partial charge in [0.25, 0.3) is 0 Å². The Morgan fingerprint density at radius 3 is 2.26 bits per heavy atom. The first kappa shape index (κ1) is 12.1. The van der Waals surface area contributed by atoms with Crippen LogP contribution in [0.3, 0.4) is 0 Å². The Balaban J connectivity index is 2.04. The number of benzene rings is 2. The van der Waals surface area contributed by atoms with E-state index in [4.69, 9.17) is 0 Å². The van der Waals surface area contributed by atoms with E-state index >= 15 is 0 Å². The summed E-state index contributed by atoms with van der Waals surface area (Å²) in [6.45, 7) is 0. The summed E-state index contributed by atoms with van der Waals surface area (Å²) in [5.41, 5.74) is 1.18. The fourth-order valence-electron chi connectivity index (χ4n) is 2.43. The van der Waals surface area contributed by atoms with Gasteiger partial charge in [0, 0.05) is 5.56 Å². The van der Waals surface area contributed by atoms with E-state index in [1.807, 2.05) is 0 Å². The van der Waals surface area contributed by atoms with Gasteiger partial charge in [0.15, 0.2) is 15.6 Å². The summed E-state index contributed by atoms with van der Waals surface area (Å²) in [7, 11) is -3.54. The van der Waals surface area contributed by atoms with Crippen LogP contribution in [0.5, 0.6) is 0 Å². The van der Waals surface area contributed by atoms with Crippen LogP contribution in [0.25, 0.3) is 0 Å². The van der Waals surface area contributed by atoms with Crippen molar-refractivity contribution in [3.63, 3.8) is 0 Å². The molecule has 19 heavy (non-hydrogen) atoms. The van der Waals surface area contributed by atoms with Crippen LogP contribution in [0.2, 0.25) is 0 Å². The fraction of sp³-hybridized carbons (Fsp3) is 0.133. The molecule has 0 fully saturated rings. The summed E-state index contributed by atoms with van der Waals surface area (Å²) >= 11 is 0. The van der Waals surface area contributed by atoms with Crippen molar-refractivity contribution >= 4 is 15.6 Å². The van der Waals surface area contributed by atoms with E-state index < -0.39 is 15.1 Å². The molecule has 3 rings (SSSR count). The maximum Gasteiger partial charge on any atom is 0.189 e. The molecule has 0 N–H and O–H groups in total. The van der Waals surface area contributed by atoms with Gasteiger partial charge in [0.2, 0.25) is 0 Å². The first-order chi connectivity index (χ1) is 9.10. The quantitative estimate of drug-likeness (QED) is 0.788. The zero-order valence-corrected chi connectivity index (χ0v) is 10.9. The molecule has 1 aliphatic heterocycles. The van der Waals surface area contributed by atoms with E-state index in [9.17, 15) is 13.2 Å². The zero-order chi connectivity index (χ0) is 13.5. The van der Waals surface area contributed by atoms with Gasteiger partial charge in [0.05, 0.1) is 4.90 Å². The van der Waals surface area contributed by atoms with Crippen LogP contribution >= 0.6 is 0 Å². The van der Waals surface area contributed by atoms with Crippen LogP contribution in [-0.4, -0.2) is 19.5 Å². The van der Waals surface area contributed by atoms with E-state index in [2.05, 4.69) is 0 Å². The Bertz CT molecular complexity index is 733. The average molecular weight is 272 g/mol. The third-order valence-corrected chi connectivity index (χ3v) is 5.55. The SMILES string of the molecule is O=C(c1ccccc1)C1Cc2ccccc2S1(=O)=O. The van der Waals surface area contributed by atoms with Crippen LogP contribution in [0, 0.1) is 0 Å². The topological polar surface area (TPSA) is 51.2 Å². The molecule has 0 radical (unpaired) electrons. The molecule has 0 aromatic heterocycles. The highest BCUT2D eigenvalue weighted by atomic mass is 32.2. The number of hydrogen-bond donors (Lipinski definition) is 0. The summed E-state index contributed by atoms with van der Waals surface area (Å²) in [6, 6.07) is 15.4. The monoisotopic (exact) mass is 272 g/mol. The maximum absolute atomic E-state index is 12.4. The Hall–Kier alpha value is -1.94. The van der Waals surface area contributed by atoms with Crippen LogP contribution in [0.15, 0.2) is 59.5 Å². The Morgan fingerprint density at radius 1 is 0.947 bits per heavy atom. The number of rotatable bonds is 2. The summed E-state index contributed by atoms with van der Waals surface area (Å²) in [6.07, 6.45) is 0.270. The lowest BCUT2D eigenvalue weighted by Crippen LogP contribution is -2.27. The van der Waals surface area contributed by atoms with Gasteiger partial charge in [-0.05, 0) is 18.1 Å². The van der Waals surface area contributed by atoms with Crippen molar-refractivity contribution in [1.82, 2.24) is 0 Å². The Morgan fingerprint density at radius 2 is 1.58 bits per heavy atom. The Kier molecular flexibility index (Phi) is 2.75. The molecule has 96 valence electrons. The molecule has 1 aliphatic rings. The largest absolute Gasteiger partial charge is 0.293 e. The van der Waals surface area contributed by atoms with Gasteiger partial charge >= 0.3 is 0 Å². The van der Waals surface area contributed by atoms with Crippen LogP contribution in [0.1, 0.15) is 15.9 Å². The van der Waals surface area contributed by atoms with E-state index in [1.165, 1.54) is 0 Å². The molecule has 0 amide bonds. The first-order valence-electron chi connectivity index (χ1n) is 6.02. The molecule has 0 bridgehead atoms. The molecule has 3 nitrogen and oxygen atoms in total. The minimum Gasteiger partial charge on any atom is -0.293 e. The second-order valence-electron chi connectivity index (χ2n) is 4.58. The van der Waals surface area contributed by atoms with Crippen molar-refractivity contribution in [1.29, 1.82) is 0 Å². The number of carbonyl (C=O) groups is 1. The highest BCUT2D eigenvalue weighted by Gasteiger charge is 2.41. The Labute approximate surface area is 111 Å². The summed E-state index contributed by atoms with van der Waals surface area (Å²) < 4.78 is 24.8. The van der Waals surface area contributed by atoms with E-state index in [0.29, 0.717) is 10.5 Å². The predicted molar refractivity (Wildman–Crippen MR) is 71.9 cm³/mol. The molecule has 2 aromatic rings.